The van der Waals surface area contributed by atoms with Gasteiger partial charge in [-0.15, -0.1) is 10.2 Å². The van der Waals surface area contributed by atoms with Crippen molar-refractivity contribution >= 4 is 17.7 Å². The van der Waals surface area contributed by atoms with Crippen molar-refractivity contribution in [3.63, 3.8) is 0 Å². The van der Waals surface area contributed by atoms with Crippen molar-refractivity contribution in [2.24, 2.45) is 0 Å². The Kier molecular flexibility index (Phi) is 6.50. The molecule has 0 aliphatic carbocycles. The number of carbonyl (C=O) groups is 1. The van der Waals surface area contributed by atoms with E-state index in [9.17, 15) is 4.79 Å². The second-order valence-electron chi connectivity index (χ2n) is 5.43. The molecule has 1 N–H and O–H groups in total. The molecule has 0 unspecified atom stereocenters. The third-order valence-corrected chi connectivity index (χ3v) is 4.53. The minimum absolute atomic E-state index is 0.0996. The number of ether oxygens (including phenoxy) is 1. The number of hydrogen-bond acceptors (Lipinski definition) is 7. The molecule has 0 fully saturated rings. The third-order valence-electron chi connectivity index (χ3n) is 3.56. The first-order chi connectivity index (χ1) is 12.8. The van der Waals surface area contributed by atoms with E-state index in [1.54, 1.807) is 31.8 Å². The minimum atomic E-state index is -0.0996. The number of rotatable bonds is 10. The first-order valence-electron chi connectivity index (χ1n) is 8.16. The predicted octanol–water partition coefficient (Wildman–Crippen LogP) is 2.58. The molecule has 8 nitrogen and oxygen atoms in total. The summed E-state index contributed by atoms with van der Waals surface area (Å²) in [6, 6.07) is 7.24. The average Bonchev–Trinajstić information content (AvgIpc) is 3.39. The third kappa shape index (κ3) is 4.77. The van der Waals surface area contributed by atoms with Crippen molar-refractivity contribution in [1.29, 1.82) is 0 Å². The van der Waals surface area contributed by atoms with Gasteiger partial charge in [-0.1, -0.05) is 11.8 Å². The van der Waals surface area contributed by atoms with Gasteiger partial charge in [-0.25, -0.2) is 0 Å². The number of furan rings is 2. The molecule has 0 bridgehead atoms. The van der Waals surface area contributed by atoms with E-state index < -0.39 is 0 Å². The Morgan fingerprint density at radius 3 is 2.85 bits per heavy atom. The molecule has 138 valence electrons. The van der Waals surface area contributed by atoms with Gasteiger partial charge in [0, 0.05) is 20.3 Å². The molecule has 0 radical (unpaired) electrons. The number of hydrogen-bond donors (Lipinski definition) is 1. The van der Waals surface area contributed by atoms with Gasteiger partial charge in [0.2, 0.25) is 5.91 Å². The molecule has 0 saturated carbocycles. The lowest BCUT2D eigenvalue weighted by Gasteiger charge is -2.09. The lowest BCUT2D eigenvalue weighted by Crippen LogP contribution is -2.24. The van der Waals surface area contributed by atoms with E-state index in [-0.39, 0.29) is 11.7 Å². The second kappa shape index (κ2) is 9.25. The molecular formula is C17H20N4O4S. The zero-order chi connectivity index (χ0) is 18.2. The number of thioether (sulfide) groups is 1. The zero-order valence-electron chi connectivity index (χ0n) is 14.4. The molecule has 3 aromatic rings. The normalized spacial score (nSPS) is 11.0. The van der Waals surface area contributed by atoms with E-state index in [4.69, 9.17) is 13.6 Å². The topological polar surface area (TPSA) is 95.3 Å². The van der Waals surface area contributed by atoms with Crippen molar-refractivity contribution in [3.8, 4) is 11.6 Å². The number of aromatic nitrogens is 3. The van der Waals surface area contributed by atoms with Gasteiger partial charge in [0.05, 0.1) is 24.8 Å². The van der Waals surface area contributed by atoms with E-state index in [0.717, 1.165) is 6.42 Å². The standard InChI is InChI=1S/C17H20N4O4S/c1-23-8-4-7-21-16(14-6-3-10-25-14)19-20-17(21)26-12-15(22)18-11-13-5-2-9-24-13/h2-3,5-6,9-10H,4,7-8,11-12H2,1H3,(H,18,22). The van der Waals surface area contributed by atoms with Crippen LogP contribution in [0.15, 0.2) is 50.8 Å². The van der Waals surface area contributed by atoms with Crippen molar-refractivity contribution in [2.75, 3.05) is 19.5 Å². The summed E-state index contributed by atoms with van der Waals surface area (Å²) < 4.78 is 17.7. The summed E-state index contributed by atoms with van der Waals surface area (Å²) in [7, 11) is 1.67. The highest BCUT2D eigenvalue weighted by Crippen LogP contribution is 2.24. The van der Waals surface area contributed by atoms with Crippen LogP contribution in [-0.4, -0.2) is 40.1 Å². The monoisotopic (exact) mass is 376 g/mol. The predicted molar refractivity (Wildman–Crippen MR) is 95.5 cm³/mol. The van der Waals surface area contributed by atoms with Crippen molar-refractivity contribution in [2.45, 2.75) is 24.7 Å². The largest absolute Gasteiger partial charge is 0.467 e. The van der Waals surface area contributed by atoms with Crippen LogP contribution in [0.3, 0.4) is 0 Å². The van der Waals surface area contributed by atoms with Crippen LogP contribution >= 0.6 is 11.8 Å². The van der Waals surface area contributed by atoms with Crippen LogP contribution < -0.4 is 5.32 Å². The number of methoxy groups -OCH3 is 1. The maximum atomic E-state index is 12.0. The lowest BCUT2D eigenvalue weighted by molar-refractivity contribution is -0.118. The second-order valence-corrected chi connectivity index (χ2v) is 6.37. The number of nitrogens with one attached hydrogen (secondary N) is 1. The fraction of sp³-hybridized carbons (Fsp3) is 0.353. The molecule has 3 aromatic heterocycles. The molecule has 3 heterocycles. The Hall–Kier alpha value is -2.52. The van der Waals surface area contributed by atoms with E-state index in [1.165, 1.54) is 11.8 Å². The van der Waals surface area contributed by atoms with Crippen LogP contribution in [0.2, 0.25) is 0 Å². The van der Waals surface area contributed by atoms with Gasteiger partial charge >= 0.3 is 0 Å². The average molecular weight is 376 g/mol. The van der Waals surface area contributed by atoms with Crippen LogP contribution in [0.1, 0.15) is 12.2 Å². The Balaban J connectivity index is 1.61. The summed E-state index contributed by atoms with van der Waals surface area (Å²) in [6.45, 7) is 1.67. The highest BCUT2D eigenvalue weighted by atomic mass is 32.2. The van der Waals surface area contributed by atoms with Crippen molar-refractivity contribution in [1.82, 2.24) is 20.1 Å². The quantitative estimate of drug-likeness (QED) is 0.429. The Morgan fingerprint density at radius 2 is 2.12 bits per heavy atom. The lowest BCUT2D eigenvalue weighted by atomic mass is 10.4. The fourth-order valence-electron chi connectivity index (χ4n) is 2.33. The summed E-state index contributed by atoms with van der Waals surface area (Å²) in [6.07, 6.45) is 3.98. The molecule has 3 rings (SSSR count). The van der Waals surface area contributed by atoms with Crippen LogP contribution in [-0.2, 0) is 22.6 Å². The summed E-state index contributed by atoms with van der Waals surface area (Å²) in [4.78, 5) is 12.0. The highest BCUT2D eigenvalue weighted by molar-refractivity contribution is 7.99. The number of nitrogens with zero attached hydrogens (tertiary/aromatic N) is 3. The molecule has 9 heteroatoms. The van der Waals surface area contributed by atoms with Gasteiger partial charge in [0.15, 0.2) is 16.7 Å². The number of carbonyl (C=O) groups excluding carboxylic acids is 1. The molecule has 0 saturated heterocycles. The molecule has 0 aliphatic rings. The maximum Gasteiger partial charge on any atom is 0.230 e. The van der Waals surface area contributed by atoms with Gasteiger partial charge in [-0.05, 0) is 30.7 Å². The van der Waals surface area contributed by atoms with Crippen LogP contribution in [0, 0.1) is 0 Å². The summed E-state index contributed by atoms with van der Waals surface area (Å²) in [5.74, 6) is 2.14. The molecular weight excluding hydrogens is 356 g/mol. The summed E-state index contributed by atoms with van der Waals surface area (Å²) >= 11 is 1.33. The van der Waals surface area contributed by atoms with Gasteiger partial charge in [-0.2, -0.15) is 0 Å². The Bertz CT molecular complexity index is 799. The van der Waals surface area contributed by atoms with Gasteiger partial charge in [-0.3, -0.25) is 9.36 Å². The summed E-state index contributed by atoms with van der Waals surface area (Å²) in [5.41, 5.74) is 0. The SMILES string of the molecule is COCCCn1c(SCC(=O)NCc2ccco2)nnc1-c1ccco1. The molecule has 0 atom stereocenters. The molecule has 0 aliphatic heterocycles. The van der Waals surface area contributed by atoms with Gasteiger partial charge in [0.1, 0.15) is 5.76 Å². The molecule has 0 aromatic carbocycles. The smallest absolute Gasteiger partial charge is 0.230 e. The van der Waals surface area contributed by atoms with Crippen molar-refractivity contribution in [3.05, 3.63) is 42.6 Å². The van der Waals surface area contributed by atoms with E-state index in [1.807, 2.05) is 16.7 Å². The Morgan fingerprint density at radius 1 is 1.27 bits per heavy atom. The first-order valence-corrected chi connectivity index (χ1v) is 9.14. The summed E-state index contributed by atoms with van der Waals surface area (Å²) in [5, 5.41) is 11.9. The Labute approximate surface area is 154 Å². The van der Waals surface area contributed by atoms with Crippen LogP contribution in [0.4, 0.5) is 0 Å². The molecule has 1 amide bonds. The fourth-order valence-corrected chi connectivity index (χ4v) is 3.13. The zero-order valence-corrected chi connectivity index (χ0v) is 15.2. The van der Waals surface area contributed by atoms with E-state index in [0.29, 0.717) is 42.2 Å². The van der Waals surface area contributed by atoms with E-state index >= 15 is 0 Å². The highest BCUT2D eigenvalue weighted by Gasteiger charge is 2.17. The first kappa shape index (κ1) is 18.3. The van der Waals surface area contributed by atoms with Crippen molar-refractivity contribution < 1.29 is 18.4 Å². The van der Waals surface area contributed by atoms with Crippen LogP contribution in [0.25, 0.3) is 11.6 Å². The minimum Gasteiger partial charge on any atom is -0.467 e. The number of amides is 1. The molecule has 0 spiro atoms. The maximum absolute atomic E-state index is 12.0. The van der Waals surface area contributed by atoms with E-state index in [2.05, 4.69) is 15.5 Å². The van der Waals surface area contributed by atoms with Gasteiger partial charge in [0.25, 0.3) is 0 Å². The van der Waals surface area contributed by atoms with Gasteiger partial charge < -0.3 is 18.9 Å². The molecule has 26 heavy (non-hydrogen) atoms. The van der Waals surface area contributed by atoms with Crippen LogP contribution in [0.5, 0.6) is 0 Å².